The van der Waals surface area contributed by atoms with Crippen LogP contribution in [0.25, 0.3) is 0 Å². The van der Waals surface area contributed by atoms with Crippen LogP contribution < -0.4 is 9.62 Å². The first-order valence-corrected chi connectivity index (χ1v) is 6.57. The molecule has 0 saturated carbocycles. The Bertz CT molecular complexity index is 459. The van der Waals surface area contributed by atoms with E-state index in [0.717, 1.165) is 0 Å². The van der Waals surface area contributed by atoms with Gasteiger partial charge in [0.1, 0.15) is 5.75 Å². The number of ether oxygens (including phenoxy) is 1. The van der Waals surface area contributed by atoms with E-state index in [2.05, 4.69) is 4.89 Å². The highest BCUT2D eigenvalue weighted by Crippen LogP contribution is 2.16. The van der Waals surface area contributed by atoms with E-state index in [0.29, 0.717) is 5.75 Å². The van der Waals surface area contributed by atoms with Gasteiger partial charge in [0.2, 0.25) is 0 Å². The molecule has 1 aromatic rings. The zero-order chi connectivity index (χ0) is 13.1. The van der Waals surface area contributed by atoms with Gasteiger partial charge in [-0.3, -0.25) is 4.84 Å². The molecule has 0 amide bonds. The quantitative estimate of drug-likeness (QED) is 0.836. The van der Waals surface area contributed by atoms with Crippen LogP contribution in [-0.4, -0.2) is 21.1 Å². The molecule has 5 nitrogen and oxygen atoms in total. The van der Waals surface area contributed by atoms with E-state index in [1.165, 1.54) is 19.2 Å². The van der Waals surface area contributed by atoms with Crippen LogP contribution in [0.5, 0.6) is 5.75 Å². The molecule has 0 saturated heterocycles. The molecule has 17 heavy (non-hydrogen) atoms. The van der Waals surface area contributed by atoms with E-state index < -0.39 is 15.6 Å². The number of nitrogens with one attached hydrogen (secondary N) is 1. The maximum Gasteiger partial charge on any atom is 0.262 e. The molecule has 1 rings (SSSR count). The Morgan fingerprint density at radius 2 is 1.65 bits per heavy atom. The molecule has 0 atom stereocenters. The predicted molar refractivity (Wildman–Crippen MR) is 64.2 cm³/mol. The maximum atomic E-state index is 11.8. The van der Waals surface area contributed by atoms with Crippen molar-refractivity contribution in [3.8, 4) is 5.75 Å². The number of methoxy groups -OCH3 is 1. The SMILES string of the molecule is COc1ccc(S(=O)(=O)NOC(C)(C)C)cc1. The third-order valence-corrected chi connectivity index (χ3v) is 3.02. The largest absolute Gasteiger partial charge is 0.497 e. The van der Waals surface area contributed by atoms with Crippen LogP contribution in [-0.2, 0) is 14.9 Å². The monoisotopic (exact) mass is 259 g/mol. The molecule has 0 radical (unpaired) electrons. The van der Waals surface area contributed by atoms with Gasteiger partial charge in [-0.05, 0) is 45.0 Å². The van der Waals surface area contributed by atoms with Crippen molar-refractivity contribution in [1.82, 2.24) is 4.89 Å². The topological polar surface area (TPSA) is 64.6 Å². The summed E-state index contributed by atoms with van der Waals surface area (Å²) in [6, 6.07) is 6.05. The molecule has 0 aliphatic carbocycles. The lowest BCUT2D eigenvalue weighted by molar-refractivity contribution is -0.0357. The Balaban J connectivity index is 2.82. The predicted octanol–water partition coefficient (Wildman–Crippen LogP) is 1.70. The number of benzene rings is 1. The average molecular weight is 259 g/mol. The van der Waals surface area contributed by atoms with Crippen molar-refractivity contribution >= 4 is 10.0 Å². The second kappa shape index (κ2) is 5.03. The molecule has 0 aromatic heterocycles. The van der Waals surface area contributed by atoms with Crippen molar-refractivity contribution in [2.45, 2.75) is 31.3 Å². The van der Waals surface area contributed by atoms with E-state index >= 15 is 0 Å². The third-order valence-electron chi connectivity index (χ3n) is 1.83. The Morgan fingerprint density at radius 3 is 2.06 bits per heavy atom. The van der Waals surface area contributed by atoms with Crippen molar-refractivity contribution in [3.63, 3.8) is 0 Å². The maximum absolute atomic E-state index is 11.8. The van der Waals surface area contributed by atoms with Gasteiger partial charge in [0.15, 0.2) is 0 Å². The van der Waals surface area contributed by atoms with Crippen molar-refractivity contribution in [2.24, 2.45) is 0 Å². The highest BCUT2D eigenvalue weighted by atomic mass is 32.2. The summed E-state index contributed by atoms with van der Waals surface area (Å²) in [6.07, 6.45) is 0. The first kappa shape index (κ1) is 14.0. The fraction of sp³-hybridized carbons (Fsp3) is 0.455. The molecule has 6 heteroatoms. The second-order valence-corrected chi connectivity index (χ2v) is 6.12. The van der Waals surface area contributed by atoms with E-state index in [9.17, 15) is 8.42 Å². The Kier molecular flexibility index (Phi) is 4.13. The summed E-state index contributed by atoms with van der Waals surface area (Å²) in [5.74, 6) is 0.598. The van der Waals surface area contributed by atoms with Gasteiger partial charge >= 0.3 is 0 Å². The van der Waals surface area contributed by atoms with Crippen LogP contribution >= 0.6 is 0 Å². The van der Waals surface area contributed by atoms with E-state index in [1.54, 1.807) is 32.9 Å². The van der Waals surface area contributed by atoms with Gasteiger partial charge in [0.25, 0.3) is 10.0 Å². The zero-order valence-corrected chi connectivity index (χ0v) is 11.2. The van der Waals surface area contributed by atoms with Gasteiger partial charge in [-0.1, -0.05) is 4.89 Å². The molecule has 1 aromatic carbocycles. The summed E-state index contributed by atoms with van der Waals surface area (Å²) in [5.41, 5.74) is -0.584. The molecule has 0 heterocycles. The summed E-state index contributed by atoms with van der Waals surface area (Å²) in [6.45, 7) is 5.26. The van der Waals surface area contributed by atoms with Crippen LogP contribution in [0.1, 0.15) is 20.8 Å². The van der Waals surface area contributed by atoms with Gasteiger partial charge in [-0.15, -0.1) is 0 Å². The summed E-state index contributed by atoms with van der Waals surface area (Å²) in [7, 11) is -2.13. The lowest BCUT2D eigenvalue weighted by atomic mass is 10.2. The van der Waals surface area contributed by atoms with Crippen molar-refractivity contribution in [3.05, 3.63) is 24.3 Å². The van der Waals surface area contributed by atoms with Crippen LogP contribution in [0.3, 0.4) is 0 Å². The lowest BCUT2D eigenvalue weighted by Gasteiger charge is -2.19. The molecule has 0 fully saturated rings. The molecule has 0 bridgehead atoms. The number of sulfonamides is 1. The van der Waals surface area contributed by atoms with Gasteiger partial charge in [0.05, 0.1) is 17.6 Å². The van der Waals surface area contributed by atoms with Gasteiger partial charge in [-0.25, -0.2) is 8.42 Å². The van der Waals surface area contributed by atoms with Crippen LogP contribution in [0.2, 0.25) is 0 Å². The number of hydrogen-bond acceptors (Lipinski definition) is 4. The Hall–Kier alpha value is -1.11. The minimum Gasteiger partial charge on any atom is -0.497 e. The number of rotatable bonds is 4. The standard InChI is InChI=1S/C11H17NO4S/c1-11(2,3)16-12-17(13,14)10-7-5-9(15-4)6-8-10/h5-8,12H,1-4H3. The van der Waals surface area contributed by atoms with Gasteiger partial charge < -0.3 is 4.74 Å². The number of hydrogen-bond donors (Lipinski definition) is 1. The Labute approximate surface area is 102 Å². The average Bonchev–Trinajstić information content (AvgIpc) is 2.26. The molecular weight excluding hydrogens is 242 g/mol. The molecular formula is C11H17NO4S. The van der Waals surface area contributed by atoms with E-state index in [4.69, 9.17) is 9.57 Å². The molecule has 96 valence electrons. The highest BCUT2D eigenvalue weighted by Gasteiger charge is 2.19. The fourth-order valence-corrected chi connectivity index (χ4v) is 1.93. The zero-order valence-electron chi connectivity index (χ0n) is 10.4. The first-order valence-electron chi connectivity index (χ1n) is 5.08. The smallest absolute Gasteiger partial charge is 0.262 e. The summed E-state index contributed by atoms with van der Waals surface area (Å²) >= 11 is 0. The lowest BCUT2D eigenvalue weighted by Crippen LogP contribution is -2.33. The Morgan fingerprint density at radius 1 is 1.12 bits per heavy atom. The van der Waals surface area contributed by atoms with Gasteiger partial charge in [-0.2, -0.15) is 0 Å². The minimum absolute atomic E-state index is 0.127. The second-order valence-electron chi connectivity index (χ2n) is 4.48. The van der Waals surface area contributed by atoms with Crippen molar-refractivity contribution in [2.75, 3.05) is 7.11 Å². The summed E-state index contributed by atoms with van der Waals surface area (Å²) < 4.78 is 28.6. The van der Waals surface area contributed by atoms with Crippen LogP contribution in [0, 0.1) is 0 Å². The van der Waals surface area contributed by atoms with E-state index in [1.807, 2.05) is 0 Å². The molecule has 0 aliphatic heterocycles. The van der Waals surface area contributed by atoms with Crippen molar-refractivity contribution in [1.29, 1.82) is 0 Å². The fourth-order valence-electron chi connectivity index (χ4n) is 0.983. The highest BCUT2D eigenvalue weighted by molar-refractivity contribution is 7.89. The summed E-state index contributed by atoms with van der Waals surface area (Å²) in [4.78, 5) is 7.25. The molecule has 1 N–H and O–H groups in total. The normalized spacial score (nSPS) is 12.5. The van der Waals surface area contributed by atoms with Crippen molar-refractivity contribution < 1.29 is 18.0 Å². The minimum atomic E-state index is -3.65. The van der Waals surface area contributed by atoms with Gasteiger partial charge in [0, 0.05) is 0 Å². The van der Waals surface area contributed by atoms with Crippen LogP contribution in [0.4, 0.5) is 0 Å². The molecule has 0 aliphatic rings. The third kappa shape index (κ3) is 4.33. The van der Waals surface area contributed by atoms with Crippen LogP contribution in [0.15, 0.2) is 29.2 Å². The first-order chi connectivity index (χ1) is 7.74. The molecule has 0 unspecified atom stereocenters. The van der Waals surface area contributed by atoms with E-state index in [-0.39, 0.29) is 4.90 Å². The summed E-state index contributed by atoms with van der Waals surface area (Å²) in [5, 5.41) is 0. The molecule has 0 spiro atoms.